The molecule has 26 heavy (non-hydrogen) atoms. The van der Waals surface area contributed by atoms with Crippen LogP contribution in [0.1, 0.15) is 27.6 Å². The summed E-state index contributed by atoms with van der Waals surface area (Å²) in [4.78, 5) is 25.2. The van der Waals surface area contributed by atoms with Gasteiger partial charge in [-0.15, -0.1) is 0 Å². The maximum Gasteiger partial charge on any atom is 0.311 e. The molecule has 0 aromatic heterocycles. The Labute approximate surface area is 151 Å². The first-order valence-electron chi connectivity index (χ1n) is 8.22. The van der Waals surface area contributed by atoms with Crippen molar-refractivity contribution in [2.45, 2.75) is 12.5 Å². The predicted octanol–water partition coefficient (Wildman–Crippen LogP) is 4.54. The van der Waals surface area contributed by atoms with E-state index in [9.17, 15) is 14.0 Å². The number of hydrogen-bond donors (Lipinski definition) is 0. The molecule has 1 atom stereocenters. The van der Waals surface area contributed by atoms with Crippen LogP contribution in [-0.2, 0) is 16.0 Å². The number of carbonyl (C=O) groups excluding carboxylic acids is 2. The van der Waals surface area contributed by atoms with E-state index in [1.807, 2.05) is 6.07 Å². The molecule has 3 rings (SSSR count). The van der Waals surface area contributed by atoms with Crippen LogP contribution in [0.15, 0.2) is 84.9 Å². The molecular weight excluding hydrogens is 331 g/mol. The summed E-state index contributed by atoms with van der Waals surface area (Å²) in [7, 11) is 0. The van der Waals surface area contributed by atoms with Gasteiger partial charge in [0.05, 0.1) is 6.42 Å². The molecule has 3 aromatic carbocycles. The van der Waals surface area contributed by atoms with Crippen LogP contribution in [0.4, 0.5) is 4.39 Å². The Kier molecular flexibility index (Phi) is 5.54. The molecular formula is C22H17FO3. The molecule has 3 aromatic rings. The summed E-state index contributed by atoms with van der Waals surface area (Å²) in [5.41, 5.74) is 1.25. The van der Waals surface area contributed by atoms with E-state index in [-0.39, 0.29) is 17.8 Å². The normalized spacial score (nSPS) is 11.6. The molecule has 130 valence electrons. The van der Waals surface area contributed by atoms with E-state index >= 15 is 0 Å². The maximum absolute atomic E-state index is 13.8. The number of carbonyl (C=O) groups is 2. The Bertz CT molecular complexity index is 892. The standard InChI is InChI=1S/C22H17FO3/c23-19-14-8-7-13-18(19)15-20(24)26-22(17-11-5-2-6-12-17)21(25)16-9-3-1-4-10-16/h1-14,22H,15H2. The fourth-order valence-corrected chi connectivity index (χ4v) is 2.62. The van der Waals surface area contributed by atoms with Gasteiger partial charge >= 0.3 is 5.97 Å². The van der Waals surface area contributed by atoms with Crippen molar-refractivity contribution in [3.8, 4) is 0 Å². The second-order valence-electron chi connectivity index (χ2n) is 5.78. The van der Waals surface area contributed by atoms with Gasteiger partial charge in [0.1, 0.15) is 5.82 Å². The van der Waals surface area contributed by atoms with E-state index in [4.69, 9.17) is 4.74 Å². The lowest BCUT2D eigenvalue weighted by Gasteiger charge is -2.17. The first kappa shape index (κ1) is 17.5. The molecule has 0 amide bonds. The number of hydrogen-bond acceptors (Lipinski definition) is 3. The first-order valence-corrected chi connectivity index (χ1v) is 8.22. The molecule has 0 radical (unpaired) electrons. The summed E-state index contributed by atoms with van der Waals surface area (Å²) in [6.07, 6.45) is -1.31. The number of ether oxygens (including phenoxy) is 1. The number of ketones is 1. The fourth-order valence-electron chi connectivity index (χ4n) is 2.62. The van der Waals surface area contributed by atoms with Crippen molar-refractivity contribution in [2.24, 2.45) is 0 Å². The van der Waals surface area contributed by atoms with Crippen LogP contribution in [0.25, 0.3) is 0 Å². The fraction of sp³-hybridized carbons (Fsp3) is 0.0909. The van der Waals surface area contributed by atoms with Gasteiger partial charge in [-0.2, -0.15) is 0 Å². The Morgan fingerprint density at radius 2 is 1.38 bits per heavy atom. The highest BCUT2D eigenvalue weighted by Crippen LogP contribution is 2.23. The van der Waals surface area contributed by atoms with Crippen molar-refractivity contribution in [3.05, 3.63) is 107 Å². The summed E-state index contributed by atoms with van der Waals surface area (Å²) in [6.45, 7) is 0. The molecule has 0 aliphatic heterocycles. The second kappa shape index (κ2) is 8.21. The lowest BCUT2D eigenvalue weighted by Crippen LogP contribution is -2.21. The van der Waals surface area contributed by atoms with E-state index in [0.29, 0.717) is 11.1 Å². The molecule has 0 heterocycles. The zero-order valence-electron chi connectivity index (χ0n) is 14.0. The van der Waals surface area contributed by atoms with Crippen LogP contribution < -0.4 is 0 Å². The van der Waals surface area contributed by atoms with Gasteiger partial charge < -0.3 is 4.74 Å². The molecule has 0 spiro atoms. The maximum atomic E-state index is 13.8. The molecule has 0 aliphatic rings. The summed E-state index contributed by atoms with van der Waals surface area (Å²) < 4.78 is 19.2. The van der Waals surface area contributed by atoms with Crippen LogP contribution in [-0.4, -0.2) is 11.8 Å². The Hall–Kier alpha value is -3.27. The average Bonchev–Trinajstić information content (AvgIpc) is 2.69. The highest BCUT2D eigenvalue weighted by molar-refractivity contribution is 6.01. The minimum Gasteiger partial charge on any atom is -0.449 e. The highest BCUT2D eigenvalue weighted by Gasteiger charge is 2.26. The number of benzene rings is 3. The van der Waals surface area contributed by atoms with Crippen LogP contribution in [0.2, 0.25) is 0 Å². The molecule has 0 aliphatic carbocycles. The van der Waals surface area contributed by atoms with Gasteiger partial charge in [0.25, 0.3) is 0 Å². The Morgan fingerprint density at radius 3 is 2.04 bits per heavy atom. The molecule has 4 heteroatoms. The molecule has 3 nitrogen and oxygen atoms in total. The molecule has 0 saturated carbocycles. The first-order chi connectivity index (χ1) is 12.6. The minimum atomic E-state index is -1.07. The summed E-state index contributed by atoms with van der Waals surface area (Å²) in [5, 5.41) is 0. The van der Waals surface area contributed by atoms with Crippen LogP contribution in [0.5, 0.6) is 0 Å². The van der Waals surface area contributed by atoms with E-state index in [1.165, 1.54) is 12.1 Å². The zero-order valence-corrected chi connectivity index (χ0v) is 14.0. The van der Waals surface area contributed by atoms with Crippen LogP contribution in [0, 0.1) is 5.82 Å². The summed E-state index contributed by atoms with van der Waals surface area (Å²) in [6, 6.07) is 23.4. The SMILES string of the molecule is O=C(Cc1ccccc1F)OC(C(=O)c1ccccc1)c1ccccc1. The molecule has 0 bridgehead atoms. The van der Waals surface area contributed by atoms with Crippen molar-refractivity contribution < 1.29 is 18.7 Å². The third kappa shape index (κ3) is 4.22. The lowest BCUT2D eigenvalue weighted by atomic mass is 10.00. The number of esters is 1. The smallest absolute Gasteiger partial charge is 0.311 e. The van der Waals surface area contributed by atoms with Crippen molar-refractivity contribution >= 4 is 11.8 Å². The highest BCUT2D eigenvalue weighted by atomic mass is 19.1. The predicted molar refractivity (Wildman–Crippen MR) is 96.2 cm³/mol. The number of rotatable bonds is 6. The Morgan fingerprint density at radius 1 is 0.808 bits per heavy atom. The quantitative estimate of drug-likeness (QED) is 0.485. The van der Waals surface area contributed by atoms with E-state index < -0.39 is 17.9 Å². The van der Waals surface area contributed by atoms with E-state index in [0.717, 1.165) is 0 Å². The molecule has 0 N–H and O–H groups in total. The van der Waals surface area contributed by atoms with Crippen LogP contribution >= 0.6 is 0 Å². The number of halogens is 1. The van der Waals surface area contributed by atoms with Crippen molar-refractivity contribution in [2.75, 3.05) is 0 Å². The van der Waals surface area contributed by atoms with Gasteiger partial charge in [0.15, 0.2) is 6.10 Å². The van der Waals surface area contributed by atoms with Crippen LogP contribution in [0.3, 0.4) is 0 Å². The summed E-state index contributed by atoms with van der Waals surface area (Å²) in [5.74, 6) is -1.46. The minimum absolute atomic E-state index is 0.233. The molecule has 0 saturated heterocycles. The van der Waals surface area contributed by atoms with Gasteiger partial charge in [-0.25, -0.2) is 4.39 Å². The monoisotopic (exact) mass is 348 g/mol. The van der Waals surface area contributed by atoms with Gasteiger partial charge in [0, 0.05) is 11.1 Å². The molecule has 1 unspecified atom stereocenters. The van der Waals surface area contributed by atoms with Gasteiger partial charge in [0.2, 0.25) is 5.78 Å². The van der Waals surface area contributed by atoms with E-state index in [2.05, 4.69) is 0 Å². The van der Waals surface area contributed by atoms with Crippen molar-refractivity contribution in [1.82, 2.24) is 0 Å². The van der Waals surface area contributed by atoms with Crippen molar-refractivity contribution in [1.29, 1.82) is 0 Å². The second-order valence-corrected chi connectivity index (χ2v) is 5.78. The summed E-state index contributed by atoms with van der Waals surface area (Å²) >= 11 is 0. The third-order valence-corrected chi connectivity index (χ3v) is 3.94. The average molecular weight is 348 g/mol. The molecule has 0 fully saturated rings. The third-order valence-electron chi connectivity index (χ3n) is 3.94. The topological polar surface area (TPSA) is 43.4 Å². The lowest BCUT2D eigenvalue weighted by molar-refractivity contribution is -0.146. The van der Waals surface area contributed by atoms with Gasteiger partial charge in [-0.1, -0.05) is 78.9 Å². The Balaban J connectivity index is 1.83. The van der Waals surface area contributed by atoms with Crippen molar-refractivity contribution in [3.63, 3.8) is 0 Å². The van der Waals surface area contributed by atoms with Gasteiger partial charge in [-0.05, 0) is 11.6 Å². The largest absolute Gasteiger partial charge is 0.449 e. The number of Topliss-reactive ketones (excluding diaryl/α,β-unsaturated/α-hetero) is 1. The van der Waals surface area contributed by atoms with Gasteiger partial charge in [-0.3, -0.25) is 9.59 Å². The van der Waals surface area contributed by atoms with E-state index in [1.54, 1.807) is 66.7 Å². The zero-order chi connectivity index (χ0) is 18.4.